The first-order chi connectivity index (χ1) is 17.5. The van der Waals surface area contributed by atoms with E-state index in [1.54, 1.807) is 12.3 Å². The van der Waals surface area contributed by atoms with Crippen LogP contribution in [0, 0.1) is 0 Å². The minimum Gasteiger partial charge on any atom is -0.345 e. The molecule has 200 valence electrons. The van der Waals surface area contributed by atoms with E-state index >= 15 is 0 Å². The van der Waals surface area contributed by atoms with Gasteiger partial charge in [-0.25, -0.2) is 23.4 Å². The molecule has 10 nitrogen and oxygen atoms in total. The molecule has 1 aliphatic rings. The number of alkyl halides is 3. The maximum absolute atomic E-state index is 12.9. The van der Waals surface area contributed by atoms with Gasteiger partial charge in [-0.2, -0.15) is 17.5 Å². The van der Waals surface area contributed by atoms with Crippen LogP contribution in [0.25, 0.3) is 22.4 Å². The fourth-order valence-electron chi connectivity index (χ4n) is 4.07. The molecule has 37 heavy (non-hydrogen) atoms. The van der Waals surface area contributed by atoms with E-state index in [4.69, 9.17) is 11.6 Å². The molecule has 4 rings (SSSR count). The normalized spacial score (nSPS) is 17.3. The molecule has 15 heteroatoms. The first-order valence-corrected chi connectivity index (χ1v) is 13.5. The molecule has 3 aromatic rings. The Hall–Kier alpha value is -2.97. The smallest absolute Gasteiger partial charge is 0.345 e. The van der Waals surface area contributed by atoms with E-state index in [9.17, 15) is 26.4 Å². The number of aromatic amines is 1. The highest BCUT2D eigenvalue weighted by atomic mass is 35.5. The monoisotopic (exact) mass is 559 g/mol. The molecular formula is C22H25ClF3N7O3S. The number of unbranched alkanes of at least 4 members (excludes halogenated alkanes) is 1. The van der Waals surface area contributed by atoms with Crippen LogP contribution in [0.1, 0.15) is 19.8 Å². The zero-order valence-corrected chi connectivity index (χ0v) is 21.4. The minimum atomic E-state index is -4.62. The summed E-state index contributed by atoms with van der Waals surface area (Å²) in [7, 11) is -3.68. The molecule has 1 aliphatic heterocycles. The van der Waals surface area contributed by atoms with Gasteiger partial charge in [-0.15, -0.1) is 0 Å². The number of piperazine rings is 1. The third-order valence-electron chi connectivity index (χ3n) is 5.93. The number of pyridine rings is 1. The van der Waals surface area contributed by atoms with Gasteiger partial charge in [-0.1, -0.05) is 24.9 Å². The highest BCUT2D eigenvalue weighted by Crippen LogP contribution is 2.29. The highest BCUT2D eigenvalue weighted by molar-refractivity contribution is 7.89. The largest absolute Gasteiger partial charge is 0.405 e. The van der Waals surface area contributed by atoms with Crippen LogP contribution in [0.5, 0.6) is 0 Å². The van der Waals surface area contributed by atoms with Crippen LogP contribution in [-0.4, -0.2) is 82.7 Å². The second-order valence-corrected chi connectivity index (χ2v) is 11.1. The van der Waals surface area contributed by atoms with Gasteiger partial charge in [-0.05, 0) is 18.6 Å². The fourth-order valence-corrected chi connectivity index (χ4v) is 5.87. The Morgan fingerprint density at radius 1 is 1.30 bits per heavy atom. The number of hydrogen-bond acceptors (Lipinski definition) is 7. The number of H-pyrrole nitrogens is 1. The van der Waals surface area contributed by atoms with Crippen molar-refractivity contribution in [1.29, 1.82) is 0 Å². The average molecular weight is 560 g/mol. The molecule has 1 fully saturated rings. The Labute approximate surface area is 216 Å². The van der Waals surface area contributed by atoms with Crippen molar-refractivity contribution in [3.63, 3.8) is 0 Å². The zero-order chi connectivity index (χ0) is 26.8. The van der Waals surface area contributed by atoms with Crippen LogP contribution in [0.2, 0.25) is 5.02 Å². The van der Waals surface area contributed by atoms with Crippen LogP contribution >= 0.6 is 11.6 Å². The zero-order valence-electron chi connectivity index (χ0n) is 19.8. The topological polar surface area (TPSA) is 124 Å². The van der Waals surface area contributed by atoms with Gasteiger partial charge in [-0.3, -0.25) is 4.79 Å². The van der Waals surface area contributed by atoms with Crippen LogP contribution in [0.4, 0.5) is 19.0 Å². The van der Waals surface area contributed by atoms with E-state index in [0.717, 1.165) is 4.31 Å². The number of carbonyl (C=O) groups excluding carboxylic acids is 1. The van der Waals surface area contributed by atoms with Gasteiger partial charge in [0.05, 0.1) is 10.8 Å². The summed E-state index contributed by atoms with van der Waals surface area (Å²) >= 11 is 6.08. The molecule has 0 aliphatic carbocycles. The van der Waals surface area contributed by atoms with Crippen molar-refractivity contribution in [2.45, 2.75) is 32.0 Å². The number of anilines is 1. The van der Waals surface area contributed by atoms with E-state index in [1.165, 1.54) is 23.4 Å². The molecule has 2 N–H and O–H groups in total. The van der Waals surface area contributed by atoms with Gasteiger partial charge in [0.1, 0.15) is 24.1 Å². The van der Waals surface area contributed by atoms with Gasteiger partial charge in [0.25, 0.3) is 0 Å². The average Bonchev–Trinajstić information content (AvgIpc) is 3.28. The second kappa shape index (κ2) is 10.8. The van der Waals surface area contributed by atoms with Gasteiger partial charge in [0.2, 0.25) is 15.9 Å². The summed E-state index contributed by atoms with van der Waals surface area (Å²) in [5, 5.41) is 2.95. The van der Waals surface area contributed by atoms with Crippen molar-refractivity contribution in [3.8, 4) is 11.4 Å². The fraction of sp³-hybridized carbons (Fsp3) is 0.455. The predicted octanol–water partition coefficient (Wildman–Crippen LogP) is 2.97. The third-order valence-corrected chi connectivity index (χ3v) is 8.06. The van der Waals surface area contributed by atoms with Crippen LogP contribution in [-0.2, 0) is 14.8 Å². The first kappa shape index (κ1) is 27.1. The molecule has 0 spiro atoms. The molecule has 0 radical (unpaired) electrons. The van der Waals surface area contributed by atoms with Crippen LogP contribution < -0.4 is 10.2 Å². The van der Waals surface area contributed by atoms with Gasteiger partial charge in [0.15, 0.2) is 5.82 Å². The molecule has 0 bridgehead atoms. The standard InChI is InChI=1S/C22H25ClF3N7O3S/c1-2-3-8-37(35,36)32-6-7-33(17(12-32)21(34)30-13-22(24,25)26)18-4-5-27-20(31-18)16-11-29-19-15(16)9-14(23)10-28-19/h4-5,9-11,17H,2-3,6-8,12-13H2,1H3,(H,28,29)(H,30,34)/t17-/m1/s1. The van der Waals surface area contributed by atoms with Crippen LogP contribution in [0.15, 0.2) is 30.7 Å². The van der Waals surface area contributed by atoms with E-state index in [0.29, 0.717) is 34.5 Å². The Morgan fingerprint density at radius 3 is 2.81 bits per heavy atom. The van der Waals surface area contributed by atoms with Crippen molar-refractivity contribution < 1.29 is 26.4 Å². The number of amides is 1. The lowest BCUT2D eigenvalue weighted by atomic mass is 10.1. The number of halogens is 4. The number of hydrogen-bond donors (Lipinski definition) is 2. The van der Waals surface area contributed by atoms with Crippen LogP contribution in [0.3, 0.4) is 0 Å². The summed E-state index contributed by atoms with van der Waals surface area (Å²) in [5.74, 6) is -0.502. The molecule has 0 saturated carbocycles. The molecular weight excluding hydrogens is 535 g/mol. The lowest BCUT2D eigenvalue weighted by Gasteiger charge is -2.40. The van der Waals surface area contributed by atoms with Gasteiger partial charge >= 0.3 is 6.18 Å². The summed E-state index contributed by atoms with van der Waals surface area (Å²) in [4.78, 5) is 30.5. The molecule has 1 saturated heterocycles. The number of carbonyl (C=O) groups is 1. The Bertz CT molecular complexity index is 1380. The number of aromatic nitrogens is 4. The predicted molar refractivity (Wildman–Crippen MR) is 133 cm³/mol. The van der Waals surface area contributed by atoms with Crippen molar-refractivity contribution in [2.24, 2.45) is 0 Å². The number of fused-ring (bicyclic) bond motifs is 1. The molecule has 0 aromatic carbocycles. The second-order valence-electron chi connectivity index (χ2n) is 8.56. The molecule has 0 unspecified atom stereocenters. The summed E-state index contributed by atoms with van der Waals surface area (Å²) in [6.45, 7) is 0.123. The molecule has 3 aromatic heterocycles. The minimum absolute atomic E-state index is 0.0488. The van der Waals surface area contributed by atoms with Crippen molar-refractivity contribution in [1.82, 2.24) is 29.6 Å². The maximum Gasteiger partial charge on any atom is 0.405 e. The van der Waals surface area contributed by atoms with Crippen molar-refractivity contribution in [3.05, 3.63) is 35.7 Å². The maximum atomic E-state index is 12.9. The van der Waals surface area contributed by atoms with E-state index in [-0.39, 0.29) is 37.0 Å². The number of sulfonamides is 1. The molecule has 1 atom stereocenters. The van der Waals surface area contributed by atoms with Crippen molar-refractivity contribution in [2.75, 3.05) is 36.8 Å². The summed E-state index contributed by atoms with van der Waals surface area (Å²) in [6, 6.07) is 1.99. The quantitative estimate of drug-likeness (QED) is 0.435. The van der Waals surface area contributed by atoms with Crippen molar-refractivity contribution >= 4 is 44.4 Å². The molecule has 1 amide bonds. The number of nitrogens with zero attached hydrogens (tertiary/aromatic N) is 5. The Balaban J connectivity index is 1.66. The SMILES string of the molecule is CCCCS(=O)(=O)N1CCN(c2ccnc(-c3c[nH]c4ncc(Cl)cc34)n2)[C@@H](C(=O)NCC(F)(F)F)C1. The summed E-state index contributed by atoms with van der Waals surface area (Å²) < 4.78 is 65.1. The van der Waals surface area contributed by atoms with E-state index < -0.39 is 34.7 Å². The first-order valence-electron chi connectivity index (χ1n) is 11.5. The number of nitrogens with one attached hydrogen (secondary N) is 2. The van der Waals surface area contributed by atoms with E-state index in [2.05, 4.69) is 19.9 Å². The Morgan fingerprint density at radius 2 is 2.08 bits per heavy atom. The highest BCUT2D eigenvalue weighted by Gasteiger charge is 2.39. The summed E-state index contributed by atoms with van der Waals surface area (Å²) in [5.41, 5.74) is 1.15. The number of rotatable bonds is 8. The molecule has 4 heterocycles. The lowest BCUT2D eigenvalue weighted by Crippen LogP contribution is -2.61. The van der Waals surface area contributed by atoms with E-state index in [1.807, 2.05) is 12.2 Å². The Kier molecular flexibility index (Phi) is 7.90. The third kappa shape index (κ3) is 6.30. The summed E-state index contributed by atoms with van der Waals surface area (Å²) in [6.07, 6.45) is 1.08. The van der Waals surface area contributed by atoms with Gasteiger partial charge < -0.3 is 15.2 Å². The lowest BCUT2D eigenvalue weighted by molar-refractivity contribution is -0.139. The van der Waals surface area contributed by atoms with Gasteiger partial charge in [0, 0.05) is 49.2 Å².